The van der Waals surface area contributed by atoms with Gasteiger partial charge in [-0.2, -0.15) is 0 Å². The summed E-state index contributed by atoms with van der Waals surface area (Å²) in [5.41, 5.74) is 3.80. The van der Waals surface area contributed by atoms with Gasteiger partial charge in [-0.25, -0.2) is 4.39 Å². The Kier molecular flexibility index (Phi) is 3.36. The minimum Gasteiger partial charge on any atom is -0.330 e. The molecule has 0 saturated carbocycles. The van der Waals surface area contributed by atoms with E-state index < -0.39 is 5.82 Å². The van der Waals surface area contributed by atoms with Crippen molar-refractivity contribution in [1.82, 2.24) is 9.55 Å². The zero-order valence-corrected chi connectivity index (χ0v) is 12.4. The third-order valence-electron chi connectivity index (χ3n) is 3.24. The van der Waals surface area contributed by atoms with Gasteiger partial charge in [0.25, 0.3) is 0 Å². The number of imidazole rings is 1. The molecule has 20 heavy (non-hydrogen) atoms. The van der Waals surface area contributed by atoms with Crippen molar-refractivity contribution in [3.8, 4) is 0 Å². The summed E-state index contributed by atoms with van der Waals surface area (Å²) in [5, 5.41) is 0.101. The fraction of sp³-hybridized carbons (Fsp3) is 0.133. The quantitative estimate of drug-likeness (QED) is 0.671. The summed E-state index contributed by atoms with van der Waals surface area (Å²) in [4.78, 5) is 3.01. The Hall–Kier alpha value is -1.65. The SMILES string of the molecule is Cc1cccc(Cn2c(=S)[nH]c3cc(F)c(Cl)cc32)c1. The summed E-state index contributed by atoms with van der Waals surface area (Å²) < 4.78 is 16.0. The highest BCUT2D eigenvalue weighted by Crippen LogP contribution is 2.23. The van der Waals surface area contributed by atoms with Crippen LogP contribution in [0.25, 0.3) is 11.0 Å². The molecule has 2 aromatic carbocycles. The van der Waals surface area contributed by atoms with Crippen molar-refractivity contribution >= 4 is 34.9 Å². The van der Waals surface area contributed by atoms with Crippen LogP contribution in [0.2, 0.25) is 5.02 Å². The minimum atomic E-state index is -0.446. The molecule has 5 heteroatoms. The van der Waals surface area contributed by atoms with Gasteiger partial charge < -0.3 is 9.55 Å². The van der Waals surface area contributed by atoms with Crippen LogP contribution in [0.4, 0.5) is 4.39 Å². The fourth-order valence-corrected chi connectivity index (χ4v) is 2.73. The molecule has 0 aliphatic rings. The smallest absolute Gasteiger partial charge is 0.178 e. The predicted octanol–water partition coefficient (Wildman–Crippen LogP) is 4.85. The molecule has 1 N–H and O–H groups in total. The Labute approximate surface area is 125 Å². The van der Waals surface area contributed by atoms with E-state index in [0.717, 1.165) is 11.1 Å². The van der Waals surface area contributed by atoms with Gasteiger partial charge in [0.05, 0.1) is 22.6 Å². The monoisotopic (exact) mass is 306 g/mol. The lowest BCUT2D eigenvalue weighted by Gasteiger charge is -2.06. The molecule has 0 unspecified atom stereocenters. The second-order valence-corrected chi connectivity index (χ2v) is 5.58. The number of fused-ring (bicyclic) bond motifs is 1. The lowest BCUT2D eigenvalue weighted by Crippen LogP contribution is -2.00. The average molecular weight is 307 g/mol. The molecule has 0 radical (unpaired) electrons. The van der Waals surface area contributed by atoms with Gasteiger partial charge in [0, 0.05) is 6.07 Å². The van der Waals surface area contributed by atoms with E-state index >= 15 is 0 Å². The summed E-state index contributed by atoms with van der Waals surface area (Å²) in [5.74, 6) is -0.446. The summed E-state index contributed by atoms with van der Waals surface area (Å²) in [6.45, 7) is 2.67. The predicted molar refractivity (Wildman–Crippen MR) is 82.4 cm³/mol. The van der Waals surface area contributed by atoms with Gasteiger partial charge in [0.15, 0.2) is 4.77 Å². The molecule has 0 spiro atoms. The molecule has 0 fully saturated rings. The first kappa shape index (κ1) is 13.3. The molecule has 0 atom stereocenters. The third-order valence-corrected chi connectivity index (χ3v) is 3.85. The van der Waals surface area contributed by atoms with Gasteiger partial charge in [-0.1, -0.05) is 41.4 Å². The molecule has 102 valence electrons. The van der Waals surface area contributed by atoms with Crippen LogP contribution in [0.1, 0.15) is 11.1 Å². The van der Waals surface area contributed by atoms with Gasteiger partial charge in [-0.3, -0.25) is 0 Å². The lowest BCUT2D eigenvalue weighted by atomic mass is 10.1. The van der Waals surface area contributed by atoms with Gasteiger partial charge in [0.1, 0.15) is 5.82 Å². The van der Waals surface area contributed by atoms with Crippen LogP contribution in [-0.2, 0) is 6.54 Å². The lowest BCUT2D eigenvalue weighted by molar-refractivity contribution is 0.629. The Morgan fingerprint density at radius 2 is 2.10 bits per heavy atom. The van der Waals surface area contributed by atoms with Crippen molar-refractivity contribution in [2.75, 3.05) is 0 Å². The number of halogens is 2. The number of hydrogen-bond donors (Lipinski definition) is 1. The van der Waals surface area contributed by atoms with Gasteiger partial charge in [0.2, 0.25) is 0 Å². The largest absolute Gasteiger partial charge is 0.330 e. The topological polar surface area (TPSA) is 20.7 Å². The third kappa shape index (κ3) is 2.37. The molecule has 0 saturated heterocycles. The van der Waals surface area contributed by atoms with E-state index in [0.29, 0.717) is 16.8 Å². The Balaban J connectivity index is 2.14. The van der Waals surface area contributed by atoms with E-state index in [-0.39, 0.29) is 5.02 Å². The van der Waals surface area contributed by atoms with Crippen molar-refractivity contribution < 1.29 is 4.39 Å². The van der Waals surface area contributed by atoms with Crippen molar-refractivity contribution in [3.63, 3.8) is 0 Å². The highest BCUT2D eigenvalue weighted by molar-refractivity contribution is 7.71. The molecule has 0 aliphatic heterocycles. The molecule has 0 bridgehead atoms. The molecular formula is C15H12ClFN2S. The first-order valence-corrected chi connectivity index (χ1v) is 6.96. The van der Waals surface area contributed by atoms with Gasteiger partial charge in [-0.05, 0) is 30.8 Å². The van der Waals surface area contributed by atoms with Gasteiger partial charge >= 0.3 is 0 Å². The van der Waals surface area contributed by atoms with Crippen LogP contribution in [0, 0.1) is 17.5 Å². The Bertz CT molecular complexity index is 851. The number of aromatic nitrogens is 2. The van der Waals surface area contributed by atoms with E-state index in [9.17, 15) is 4.39 Å². The molecular weight excluding hydrogens is 295 g/mol. The van der Waals surface area contributed by atoms with Crippen molar-refractivity contribution in [2.24, 2.45) is 0 Å². The highest BCUT2D eigenvalue weighted by Gasteiger charge is 2.09. The number of benzene rings is 2. The summed E-state index contributed by atoms with van der Waals surface area (Å²) >= 11 is 11.2. The first-order chi connectivity index (χ1) is 9.54. The summed E-state index contributed by atoms with van der Waals surface area (Å²) in [6.07, 6.45) is 0. The van der Waals surface area contributed by atoms with Crippen LogP contribution < -0.4 is 0 Å². The number of nitrogens with zero attached hydrogens (tertiary/aromatic N) is 1. The molecule has 0 aliphatic carbocycles. The molecule has 3 rings (SSSR count). The second-order valence-electron chi connectivity index (χ2n) is 4.79. The number of aromatic amines is 1. The van der Waals surface area contributed by atoms with Crippen LogP contribution in [0.15, 0.2) is 36.4 Å². The average Bonchev–Trinajstić information content (AvgIpc) is 2.67. The van der Waals surface area contributed by atoms with Crippen molar-refractivity contribution in [3.05, 3.63) is 63.1 Å². The van der Waals surface area contributed by atoms with Crippen LogP contribution in [-0.4, -0.2) is 9.55 Å². The summed E-state index contributed by atoms with van der Waals surface area (Å²) in [6, 6.07) is 11.2. The number of rotatable bonds is 2. The van der Waals surface area contributed by atoms with Crippen molar-refractivity contribution in [1.29, 1.82) is 0 Å². The molecule has 3 aromatic rings. The van der Waals surface area contributed by atoms with E-state index in [2.05, 4.69) is 11.1 Å². The fourth-order valence-electron chi connectivity index (χ4n) is 2.30. The molecule has 2 nitrogen and oxygen atoms in total. The van der Waals surface area contributed by atoms with E-state index in [1.165, 1.54) is 11.6 Å². The van der Waals surface area contributed by atoms with Crippen LogP contribution >= 0.6 is 23.8 Å². The van der Waals surface area contributed by atoms with E-state index in [1.807, 2.05) is 29.7 Å². The zero-order chi connectivity index (χ0) is 14.3. The molecule has 1 aromatic heterocycles. The molecule has 1 heterocycles. The van der Waals surface area contributed by atoms with E-state index in [1.54, 1.807) is 6.07 Å². The summed E-state index contributed by atoms with van der Waals surface area (Å²) in [7, 11) is 0. The maximum atomic E-state index is 13.5. The standard InChI is InChI=1S/C15H12ClFN2S/c1-9-3-2-4-10(5-9)8-19-14-6-11(16)12(17)7-13(14)18-15(19)20/h2-7H,8H2,1H3,(H,18,20). The van der Waals surface area contributed by atoms with Crippen LogP contribution in [0.5, 0.6) is 0 Å². The first-order valence-electron chi connectivity index (χ1n) is 6.18. The second kappa shape index (κ2) is 5.04. The zero-order valence-electron chi connectivity index (χ0n) is 10.8. The number of H-pyrrole nitrogens is 1. The van der Waals surface area contributed by atoms with E-state index in [4.69, 9.17) is 23.8 Å². The number of aryl methyl sites for hydroxylation is 1. The number of hydrogen-bond acceptors (Lipinski definition) is 1. The van der Waals surface area contributed by atoms with Crippen LogP contribution in [0.3, 0.4) is 0 Å². The number of nitrogens with one attached hydrogen (secondary N) is 1. The minimum absolute atomic E-state index is 0.101. The molecule has 0 amide bonds. The maximum Gasteiger partial charge on any atom is 0.178 e. The maximum absolute atomic E-state index is 13.5. The Morgan fingerprint density at radius 3 is 2.85 bits per heavy atom. The Morgan fingerprint density at radius 1 is 1.30 bits per heavy atom. The highest BCUT2D eigenvalue weighted by atomic mass is 35.5. The van der Waals surface area contributed by atoms with Gasteiger partial charge in [-0.15, -0.1) is 0 Å². The van der Waals surface area contributed by atoms with Crippen molar-refractivity contribution in [2.45, 2.75) is 13.5 Å². The normalized spacial score (nSPS) is 11.2.